The molecule has 1 fully saturated rings. The summed E-state index contributed by atoms with van der Waals surface area (Å²) in [5.74, 6) is -0.165. The minimum atomic E-state index is -0.880. The van der Waals surface area contributed by atoms with Crippen LogP contribution in [0.2, 0.25) is 5.02 Å². The molecule has 2 heterocycles. The third kappa shape index (κ3) is 3.82. The summed E-state index contributed by atoms with van der Waals surface area (Å²) in [6.45, 7) is 1.88. The molecule has 1 aliphatic rings. The number of furan rings is 1. The van der Waals surface area contributed by atoms with Crippen molar-refractivity contribution >= 4 is 29.1 Å². The van der Waals surface area contributed by atoms with E-state index >= 15 is 0 Å². The Morgan fingerprint density at radius 1 is 1.10 bits per heavy atom. The van der Waals surface area contributed by atoms with Crippen LogP contribution in [0.1, 0.15) is 28.7 Å². The number of aryl methyl sites for hydroxylation is 1. The molecule has 0 bridgehead atoms. The van der Waals surface area contributed by atoms with Crippen molar-refractivity contribution in [2.24, 2.45) is 0 Å². The van der Waals surface area contributed by atoms with Crippen molar-refractivity contribution in [3.05, 3.63) is 93.9 Å². The number of Topliss-reactive ketones (excluding diaryl/α,β-unsaturated/α-hetero) is 1. The third-order valence-electron chi connectivity index (χ3n) is 5.22. The molecule has 31 heavy (non-hydrogen) atoms. The number of hydrogen-bond acceptors (Lipinski definition) is 5. The molecule has 0 spiro atoms. The number of halogens is 1. The van der Waals surface area contributed by atoms with Crippen LogP contribution in [0.3, 0.4) is 0 Å². The van der Waals surface area contributed by atoms with E-state index in [2.05, 4.69) is 0 Å². The Morgan fingerprint density at radius 2 is 1.81 bits per heavy atom. The number of aliphatic hydroxyl groups is 1. The van der Waals surface area contributed by atoms with Crippen molar-refractivity contribution in [1.82, 2.24) is 4.90 Å². The lowest BCUT2D eigenvalue weighted by molar-refractivity contribution is -0.140. The summed E-state index contributed by atoms with van der Waals surface area (Å²) in [6, 6.07) is 16.2. The molecule has 1 atom stereocenters. The fourth-order valence-electron chi connectivity index (χ4n) is 3.72. The zero-order valence-corrected chi connectivity index (χ0v) is 17.7. The zero-order chi connectivity index (χ0) is 22.1. The van der Waals surface area contributed by atoms with Crippen molar-refractivity contribution in [3.63, 3.8) is 0 Å². The number of methoxy groups -OCH3 is 1. The maximum Gasteiger partial charge on any atom is 0.296 e. The number of aliphatic hydroxyl groups excluding tert-OH is 1. The van der Waals surface area contributed by atoms with Gasteiger partial charge in [-0.25, -0.2) is 0 Å². The number of hydrogen-bond donors (Lipinski definition) is 1. The van der Waals surface area contributed by atoms with Gasteiger partial charge in [-0.1, -0.05) is 29.8 Å². The van der Waals surface area contributed by atoms with E-state index in [4.69, 9.17) is 20.8 Å². The number of ether oxygens (including phenoxy) is 1. The minimum absolute atomic E-state index is 0.0310. The van der Waals surface area contributed by atoms with Crippen LogP contribution in [0.25, 0.3) is 5.76 Å². The van der Waals surface area contributed by atoms with Gasteiger partial charge in [0.25, 0.3) is 11.7 Å². The van der Waals surface area contributed by atoms with E-state index in [0.717, 1.165) is 5.56 Å². The molecular formula is C24H20ClNO5. The third-order valence-corrected chi connectivity index (χ3v) is 5.47. The number of carbonyl (C=O) groups is 2. The fraction of sp³-hybridized carbons (Fsp3) is 0.167. The second-order valence-electron chi connectivity index (χ2n) is 7.19. The average Bonchev–Trinajstić information content (AvgIpc) is 3.30. The number of benzene rings is 2. The molecule has 0 radical (unpaired) electrons. The van der Waals surface area contributed by atoms with E-state index in [1.54, 1.807) is 56.5 Å². The van der Waals surface area contributed by atoms with Crippen molar-refractivity contribution < 1.29 is 23.8 Å². The molecule has 1 aromatic heterocycles. The van der Waals surface area contributed by atoms with Crippen molar-refractivity contribution in [2.45, 2.75) is 19.5 Å². The molecule has 7 heteroatoms. The van der Waals surface area contributed by atoms with Crippen LogP contribution in [-0.2, 0) is 16.1 Å². The van der Waals surface area contributed by atoms with Crippen molar-refractivity contribution in [2.75, 3.05) is 7.11 Å². The molecule has 3 aromatic rings. The van der Waals surface area contributed by atoms with Crippen molar-refractivity contribution in [3.8, 4) is 5.75 Å². The summed E-state index contributed by atoms with van der Waals surface area (Å²) < 4.78 is 11.2. The molecule has 1 amide bonds. The van der Waals surface area contributed by atoms with E-state index in [1.807, 2.05) is 18.2 Å². The molecule has 1 unspecified atom stereocenters. The maximum absolute atomic E-state index is 13.0. The van der Waals surface area contributed by atoms with Gasteiger partial charge < -0.3 is 19.2 Å². The molecule has 0 aliphatic carbocycles. The first-order chi connectivity index (χ1) is 14.9. The first-order valence-corrected chi connectivity index (χ1v) is 10.0. The van der Waals surface area contributed by atoms with Gasteiger partial charge in [0.05, 0.1) is 19.2 Å². The zero-order valence-electron chi connectivity index (χ0n) is 17.0. The van der Waals surface area contributed by atoms with E-state index in [0.29, 0.717) is 27.9 Å². The van der Waals surface area contributed by atoms with Crippen LogP contribution < -0.4 is 4.74 Å². The Kier molecular flexibility index (Phi) is 5.57. The SMILES string of the molecule is COc1ccccc1CN1C(=O)C(=O)/C(=C(/O)c2ccc(Cl)cc2)C1c1ccc(C)o1. The van der Waals surface area contributed by atoms with E-state index in [-0.39, 0.29) is 17.9 Å². The Balaban J connectivity index is 1.85. The summed E-state index contributed by atoms with van der Waals surface area (Å²) in [5, 5.41) is 11.5. The highest BCUT2D eigenvalue weighted by molar-refractivity contribution is 6.46. The lowest BCUT2D eigenvalue weighted by Crippen LogP contribution is -2.29. The van der Waals surface area contributed by atoms with Gasteiger partial charge in [-0.05, 0) is 49.4 Å². The normalized spacial score (nSPS) is 17.9. The van der Waals surface area contributed by atoms with Crippen LogP contribution in [0, 0.1) is 6.92 Å². The number of likely N-dealkylation sites (tertiary alicyclic amines) is 1. The Morgan fingerprint density at radius 3 is 2.45 bits per heavy atom. The molecule has 158 valence electrons. The van der Waals surface area contributed by atoms with Crippen LogP contribution in [0.4, 0.5) is 0 Å². The summed E-state index contributed by atoms with van der Waals surface area (Å²) in [6.07, 6.45) is 0. The second kappa shape index (κ2) is 8.32. The highest BCUT2D eigenvalue weighted by atomic mass is 35.5. The molecule has 2 aromatic carbocycles. The molecule has 1 aliphatic heterocycles. The Labute approximate surface area is 184 Å². The average molecular weight is 438 g/mol. The van der Waals surface area contributed by atoms with Crippen molar-refractivity contribution in [1.29, 1.82) is 0 Å². The Hall–Kier alpha value is -3.51. The lowest BCUT2D eigenvalue weighted by atomic mass is 9.99. The highest BCUT2D eigenvalue weighted by Gasteiger charge is 2.47. The van der Waals surface area contributed by atoms with Gasteiger partial charge in [0.15, 0.2) is 0 Å². The van der Waals surface area contributed by atoms with Crippen LogP contribution in [-0.4, -0.2) is 28.8 Å². The maximum atomic E-state index is 13.0. The summed E-state index contributed by atoms with van der Waals surface area (Å²) in [7, 11) is 1.54. The van der Waals surface area contributed by atoms with Gasteiger partial charge in [-0.3, -0.25) is 9.59 Å². The largest absolute Gasteiger partial charge is 0.507 e. The summed E-state index contributed by atoms with van der Waals surface area (Å²) in [4.78, 5) is 27.4. The minimum Gasteiger partial charge on any atom is -0.507 e. The van der Waals surface area contributed by atoms with Crippen LogP contribution >= 0.6 is 11.6 Å². The predicted octanol–water partition coefficient (Wildman–Crippen LogP) is 4.87. The van der Waals surface area contributed by atoms with E-state index < -0.39 is 17.7 Å². The quantitative estimate of drug-likeness (QED) is 0.350. The molecule has 6 nitrogen and oxygen atoms in total. The van der Waals surface area contributed by atoms with Crippen LogP contribution in [0.5, 0.6) is 5.75 Å². The highest BCUT2D eigenvalue weighted by Crippen LogP contribution is 2.41. The number of ketones is 1. The van der Waals surface area contributed by atoms with Crippen LogP contribution in [0.15, 0.2) is 70.7 Å². The van der Waals surface area contributed by atoms with Gasteiger partial charge in [0.2, 0.25) is 0 Å². The topological polar surface area (TPSA) is 80.0 Å². The molecule has 0 saturated carbocycles. The molecule has 4 rings (SSSR count). The van der Waals surface area contributed by atoms with Gasteiger partial charge in [0.1, 0.15) is 29.1 Å². The number of rotatable bonds is 5. The van der Waals surface area contributed by atoms with E-state index in [9.17, 15) is 14.7 Å². The molecule has 1 N–H and O–H groups in total. The molecular weight excluding hydrogens is 418 g/mol. The number of nitrogens with zero attached hydrogens (tertiary/aromatic N) is 1. The standard InChI is InChI=1S/C24H20ClNO5/c1-14-7-12-19(31-14)21-20(22(27)15-8-10-17(25)11-9-15)23(28)24(29)26(21)13-16-5-3-4-6-18(16)30-2/h3-12,21,27H,13H2,1-2H3/b22-20+. The lowest BCUT2D eigenvalue weighted by Gasteiger charge is -2.24. The van der Waals surface area contributed by atoms with Gasteiger partial charge >= 0.3 is 0 Å². The first-order valence-electron chi connectivity index (χ1n) is 9.63. The summed E-state index contributed by atoms with van der Waals surface area (Å²) in [5.41, 5.74) is 1.08. The fourth-order valence-corrected chi connectivity index (χ4v) is 3.85. The van der Waals surface area contributed by atoms with Gasteiger partial charge in [-0.2, -0.15) is 0 Å². The predicted molar refractivity (Wildman–Crippen MR) is 116 cm³/mol. The number of para-hydroxylation sites is 1. The first kappa shape index (κ1) is 20.8. The van der Waals surface area contributed by atoms with E-state index in [1.165, 1.54) is 4.90 Å². The molecule has 1 saturated heterocycles. The Bertz CT molecular complexity index is 1180. The monoisotopic (exact) mass is 437 g/mol. The van der Waals surface area contributed by atoms with Gasteiger partial charge in [0, 0.05) is 16.1 Å². The second-order valence-corrected chi connectivity index (χ2v) is 7.63. The van der Waals surface area contributed by atoms with Gasteiger partial charge in [-0.15, -0.1) is 0 Å². The number of amides is 1. The summed E-state index contributed by atoms with van der Waals surface area (Å²) >= 11 is 5.94. The number of carbonyl (C=O) groups excluding carboxylic acids is 2. The smallest absolute Gasteiger partial charge is 0.296 e.